The Hall–Kier alpha value is -2.01. The molecule has 0 fully saturated rings. The van der Waals surface area contributed by atoms with Crippen molar-refractivity contribution < 1.29 is 14.4 Å². The molecule has 0 bridgehead atoms. The highest BCUT2D eigenvalue weighted by molar-refractivity contribution is 6.31. The van der Waals surface area contributed by atoms with E-state index in [1.165, 1.54) is 12.3 Å². The monoisotopic (exact) mass is 252 g/mol. The molecule has 1 aromatic carbocycles. The van der Waals surface area contributed by atoms with Gasteiger partial charge < -0.3 is 14.9 Å². The second-order valence-electron chi connectivity index (χ2n) is 3.34. The molecule has 0 aliphatic rings. The van der Waals surface area contributed by atoms with Crippen LogP contribution in [0.1, 0.15) is 16.1 Å². The average molecular weight is 253 g/mol. The molecule has 0 spiro atoms. The van der Waals surface area contributed by atoms with E-state index in [9.17, 15) is 4.79 Å². The van der Waals surface area contributed by atoms with Crippen molar-refractivity contribution in [1.29, 1.82) is 0 Å². The van der Waals surface area contributed by atoms with Gasteiger partial charge in [-0.3, -0.25) is 0 Å². The summed E-state index contributed by atoms with van der Waals surface area (Å²) in [6.07, 6.45) is 1.46. The highest BCUT2D eigenvalue weighted by atomic mass is 35.5. The van der Waals surface area contributed by atoms with Crippen LogP contribution >= 0.6 is 11.6 Å². The van der Waals surface area contributed by atoms with Crippen molar-refractivity contribution in [3.05, 3.63) is 46.8 Å². The number of nitrogens with zero attached hydrogens (tertiary/aromatic N) is 1. The van der Waals surface area contributed by atoms with Crippen LogP contribution in [0.3, 0.4) is 0 Å². The van der Waals surface area contributed by atoms with Crippen molar-refractivity contribution in [3.63, 3.8) is 0 Å². The zero-order chi connectivity index (χ0) is 12.3. The summed E-state index contributed by atoms with van der Waals surface area (Å²) in [7, 11) is 0. The van der Waals surface area contributed by atoms with E-state index in [1.807, 2.05) is 0 Å². The fraction of sp³-hybridized carbons (Fsp3) is 0.0909. The second kappa shape index (κ2) is 4.88. The van der Waals surface area contributed by atoms with Crippen molar-refractivity contribution >= 4 is 23.3 Å². The summed E-state index contributed by atoms with van der Waals surface area (Å²) in [4.78, 5) is 11.0. The van der Waals surface area contributed by atoms with Crippen LogP contribution in [0.2, 0.25) is 5.02 Å². The molecule has 0 unspecified atom stereocenters. The van der Waals surface area contributed by atoms with E-state index >= 15 is 0 Å². The Bertz CT molecular complexity index is 526. The summed E-state index contributed by atoms with van der Waals surface area (Å²) in [5, 5.41) is 16.1. The number of carboxylic acid groups (broad SMARTS) is 1. The van der Waals surface area contributed by atoms with E-state index in [2.05, 4.69) is 15.0 Å². The molecule has 0 amide bonds. The predicted octanol–water partition coefficient (Wildman–Crippen LogP) is 2.64. The van der Waals surface area contributed by atoms with E-state index in [0.717, 1.165) is 0 Å². The number of anilines is 1. The van der Waals surface area contributed by atoms with Crippen LogP contribution in [0.25, 0.3) is 0 Å². The fourth-order valence-corrected chi connectivity index (χ4v) is 1.53. The second-order valence-corrected chi connectivity index (χ2v) is 3.78. The first kappa shape index (κ1) is 11.5. The van der Waals surface area contributed by atoms with Crippen LogP contribution in [0, 0.1) is 0 Å². The maximum absolute atomic E-state index is 11.0. The molecule has 88 valence electrons. The molecule has 6 heteroatoms. The number of hydrogen-bond acceptors (Lipinski definition) is 4. The van der Waals surface area contributed by atoms with Gasteiger partial charge in [0.1, 0.15) is 12.0 Å². The van der Waals surface area contributed by atoms with Gasteiger partial charge in [0, 0.05) is 16.8 Å². The van der Waals surface area contributed by atoms with E-state index in [4.69, 9.17) is 16.7 Å². The number of carbonyl (C=O) groups is 1. The Morgan fingerprint density at radius 3 is 2.94 bits per heavy atom. The lowest BCUT2D eigenvalue weighted by Gasteiger charge is -2.08. The van der Waals surface area contributed by atoms with Gasteiger partial charge in [-0.05, 0) is 18.2 Å². The standard InChI is InChI=1S/C11H9ClN2O3/c12-7-1-2-10(9(5-7)11(15)16)13-6-8-3-4-17-14-8/h1-5,13H,6H2,(H,15,16). The summed E-state index contributed by atoms with van der Waals surface area (Å²) >= 11 is 5.74. The van der Waals surface area contributed by atoms with E-state index < -0.39 is 5.97 Å². The van der Waals surface area contributed by atoms with Gasteiger partial charge in [-0.2, -0.15) is 0 Å². The van der Waals surface area contributed by atoms with Gasteiger partial charge in [0.2, 0.25) is 0 Å². The van der Waals surface area contributed by atoms with Crippen molar-refractivity contribution in [1.82, 2.24) is 5.16 Å². The first-order chi connectivity index (χ1) is 8.16. The maximum atomic E-state index is 11.0. The minimum absolute atomic E-state index is 0.126. The zero-order valence-corrected chi connectivity index (χ0v) is 9.44. The molecule has 1 heterocycles. The topological polar surface area (TPSA) is 75.4 Å². The number of benzene rings is 1. The molecule has 5 nitrogen and oxygen atoms in total. The molecule has 17 heavy (non-hydrogen) atoms. The van der Waals surface area contributed by atoms with Gasteiger partial charge in [-0.15, -0.1) is 0 Å². The van der Waals surface area contributed by atoms with Gasteiger partial charge >= 0.3 is 5.97 Å². The Labute approximate surface area is 102 Å². The van der Waals surface area contributed by atoms with E-state index in [0.29, 0.717) is 22.9 Å². The van der Waals surface area contributed by atoms with Crippen molar-refractivity contribution in [2.24, 2.45) is 0 Å². The molecular formula is C11H9ClN2O3. The van der Waals surface area contributed by atoms with Crippen molar-refractivity contribution in [2.75, 3.05) is 5.32 Å². The number of hydrogen-bond donors (Lipinski definition) is 2. The number of nitrogens with one attached hydrogen (secondary N) is 1. The van der Waals surface area contributed by atoms with Crippen LogP contribution in [0.15, 0.2) is 35.1 Å². The predicted molar refractivity (Wildman–Crippen MR) is 62.2 cm³/mol. The van der Waals surface area contributed by atoms with Crippen LogP contribution in [0.5, 0.6) is 0 Å². The Morgan fingerprint density at radius 1 is 1.47 bits per heavy atom. The summed E-state index contributed by atoms with van der Waals surface area (Å²) in [6.45, 7) is 0.387. The molecule has 0 radical (unpaired) electrons. The normalized spacial score (nSPS) is 10.2. The average Bonchev–Trinajstić information content (AvgIpc) is 2.80. The molecule has 2 rings (SSSR count). The lowest BCUT2D eigenvalue weighted by atomic mass is 10.2. The Balaban J connectivity index is 2.17. The van der Waals surface area contributed by atoms with Gasteiger partial charge in [0.15, 0.2) is 0 Å². The zero-order valence-electron chi connectivity index (χ0n) is 8.68. The number of halogens is 1. The Kier molecular flexibility index (Phi) is 3.30. The molecule has 2 aromatic rings. The summed E-state index contributed by atoms with van der Waals surface area (Å²) in [6, 6.07) is 6.34. The third kappa shape index (κ3) is 2.76. The number of aromatic nitrogens is 1. The molecule has 1 aromatic heterocycles. The summed E-state index contributed by atoms with van der Waals surface area (Å²) in [5.41, 5.74) is 1.31. The molecule has 0 aliphatic heterocycles. The largest absolute Gasteiger partial charge is 0.478 e. The molecule has 0 aliphatic carbocycles. The number of carboxylic acids is 1. The minimum Gasteiger partial charge on any atom is -0.478 e. The lowest BCUT2D eigenvalue weighted by molar-refractivity contribution is 0.0698. The van der Waals surface area contributed by atoms with Gasteiger partial charge in [-0.25, -0.2) is 4.79 Å². The molecule has 2 N–H and O–H groups in total. The third-order valence-electron chi connectivity index (χ3n) is 2.16. The lowest BCUT2D eigenvalue weighted by Crippen LogP contribution is -2.06. The SMILES string of the molecule is O=C(O)c1cc(Cl)ccc1NCc1ccon1. The fourth-order valence-electron chi connectivity index (χ4n) is 1.36. The van der Waals surface area contributed by atoms with Gasteiger partial charge in [0.05, 0.1) is 12.1 Å². The van der Waals surface area contributed by atoms with Crippen LogP contribution < -0.4 is 5.32 Å². The van der Waals surface area contributed by atoms with Crippen LogP contribution in [-0.2, 0) is 6.54 Å². The van der Waals surface area contributed by atoms with Crippen molar-refractivity contribution in [3.8, 4) is 0 Å². The number of rotatable bonds is 4. The summed E-state index contributed by atoms with van der Waals surface area (Å²) < 4.78 is 4.67. The molecular weight excluding hydrogens is 244 g/mol. The quantitative estimate of drug-likeness (QED) is 0.875. The van der Waals surface area contributed by atoms with Crippen molar-refractivity contribution in [2.45, 2.75) is 6.54 Å². The highest BCUT2D eigenvalue weighted by Crippen LogP contribution is 2.21. The van der Waals surface area contributed by atoms with Crippen LogP contribution in [0.4, 0.5) is 5.69 Å². The third-order valence-corrected chi connectivity index (χ3v) is 2.40. The first-order valence-corrected chi connectivity index (χ1v) is 5.20. The van der Waals surface area contributed by atoms with E-state index in [1.54, 1.807) is 18.2 Å². The first-order valence-electron chi connectivity index (χ1n) is 4.83. The molecule has 0 saturated heterocycles. The Morgan fingerprint density at radius 2 is 2.29 bits per heavy atom. The number of aromatic carboxylic acids is 1. The maximum Gasteiger partial charge on any atom is 0.337 e. The summed E-state index contributed by atoms with van der Waals surface area (Å²) in [5.74, 6) is -1.03. The molecule has 0 atom stereocenters. The van der Waals surface area contributed by atoms with Gasteiger partial charge in [0.25, 0.3) is 0 Å². The smallest absolute Gasteiger partial charge is 0.337 e. The van der Waals surface area contributed by atoms with E-state index in [-0.39, 0.29) is 5.56 Å². The van der Waals surface area contributed by atoms with Crippen LogP contribution in [-0.4, -0.2) is 16.2 Å². The van der Waals surface area contributed by atoms with Gasteiger partial charge in [-0.1, -0.05) is 16.8 Å². The highest BCUT2D eigenvalue weighted by Gasteiger charge is 2.10. The molecule has 0 saturated carbocycles. The minimum atomic E-state index is -1.03.